The van der Waals surface area contributed by atoms with E-state index in [1.807, 2.05) is 42.5 Å². The van der Waals surface area contributed by atoms with Gasteiger partial charge in [0.05, 0.1) is 30.4 Å². The number of likely N-dealkylation sites (tertiary alicyclic amines) is 1. The van der Waals surface area contributed by atoms with E-state index in [0.717, 1.165) is 23.2 Å². The Hall–Kier alpha value is -2.88. The second kappa shape index (κ2) is 9.35. The molecular weight excluding hydrogens is 516 g/mol. The van der Waals surface area contributed by atoms with Crippen molar-refractivity contribution in [3.05, 3.63) is 71.8 Å². The predicted molar refractivity (Wildman–Crippen MR) is 147 cm³/mol. The van der Waals surface area contributed by atoms with Gasteiger partial charge in [-0.1, -0.05) is 42.5 Å². The van der Waals surface area contributed by atoms with Gasteiger partial charge in [-0.2, -0.15) is 4.31 Å². The highest BCUT2D eigenvalue weighted by atomic mass is 32.2. The maximum atomic E-state index is 13.8. The molecule has 5 atom stereocenters. The van der Waals surface area contributed by atoms with E-state index >= 15 is 0 Å². The number of hydrogen-bond donors (Lipinski definition) is 0. The SMILES string of the molecule is C=CCN1CC[C@]23c4c5ccc(OC)c4OC2C(N(C)S(=O)(=O)Cc2ccccc2)CC[C@@]3(OC(C)=O)[C@H]1C5. The third-order valence-electron chi connectivity index (χ3n) is 9.49. The van der Waals surface area contributed by atoms with Crippen molar-refractivity contribution in [2.75, 3.05) is 27.2 Å². The Morgan fingerprint density at radius 2 is 2.00 bits per heavy atom. The van der Waals surface area contributed by atoms with Crippen molar-refractivity contribution < 1.29 is 27.4 Å². The van der Waals surface area contributed by atoms with E-state index in [1.54, 1.807) is 14.2 Å². The fraction of sp³-hybridized carbons (Fsp3) is 0.500. The van der Waals surface area contributed by atoms with Gasteiger partial charge in [0.25, 0.3) is 0 Å². The summed E-state index contributed by atoms with van der Waals surface area (Å²) in [7, 11) is -0.386. The number of carbonyl (C=O) groups is 1. The molecule has 2 unspecified atom stereocenters. The molecule has 2 fully saturated rings. The number of rotatable bonds is 8. The van der Waals surface area contributed by atoms with Crippen LogP contribution in [-0.2, 0) is 37.1 Å². The van der Waals surface area contributed by atoms with Crippen LogP contribution in [0.15, 0.2) is 55.1 Å². The van der Waals surface area contributed by atoms with Crippen LogP contribution in [0.3, 0.4) is 0 Å². The first kappa shape index (κ1) is 26.3. The molecule has 0 radical (unpaired) electrons. The lowest BCUT2D eigenvalue weighted by Gasteiger charge is -2.65. The predicted octanol–water partition coefficient (Wildman–Crippen LogP) is 3.44. The molecule has 9 heteroatoms. The van der Waals surface area contributed by atoms with Crippen molar-refractivity contribution in [2.24, 2.45) is 0 Å². The van der Waals surface area contributed by atoms with Gasteiger partial charge in [-0.05, 0) is 42.9 Å². The molecule has 0 amide bonds. The molecule has 208 valence electrons. The van der Waals surface area contributed by atoms with Crippen LogP contribution in [0.1, 0.15) is 42.9 Å². The van der Waals surface area contributed by atoms with Gasteiger partial charge in [0.2, 0.25) is 10.0 Å². The summed E-state index contributed by atoms with van der Waals surface area (Å²) in [4.78, 5) is 15.1. The number of likely N-dealkylation sites (N-methyl/N-ethyl adjacent to an activating group) is 1. The van der Waals surface area contributed by atoms with E-state index < -0.39 is 33.2 Å². The largest absolute Gasteiger partial charge is 0.493 e. The van der Waals surface area contributed by atoms with E-state index in [9.17, 15) is 13.2 Å². The van der Waals surface area contributed by atoms with E-state index in [1.165, 1.54) is 11.2 Å². The highest BCUT2D eigenvalue weighted by Gasteiger charge is 2.75. The molecule has 0 aromatic heterocycles. The normalized spacial score (nSPS) is 30.8. The zero-order valence-corrected chi connectivity index (χ0v) is 23.6. The molecule has 0 N–H and O–H groups in total. The second-order valence-electron chi connectivity index (χ2n) is 11.2. The number of piperidine rings is 1. The number of esters is 1. The number of carbonyl (C=O) groups excluding carboxylic acids is 1. The van der Waals surface area contributed by atoms with Gasteiger partial charge >= 0.3 is 5.97 Å². The number of ether oxygens (including phenoxy) is 3. The summed E-state index contributed by atoms with van der Waals surface area (Å²) in [5.74, 6) is 0.858. The van der Waals surface area contributed by atoms with Crippen molar-refractivity contribution in [3.63, 3.8) is 0 Å². The quantitative estimate of drug-likeness (QED) is 0.366. The van der Waals surface area contributed by atoms with Crippen LogP contribution in [0.4, 0.5) is 0 Å². The molecule has 1 saturated carbocycles. The highest BCUT2D eigenvalue weighted by molar-refractivity contribution is 7.88. The van der Waals surface area contributed by atoms with Crippen molar-refractivity contribution in [1.29, 1.82) is 0 Å². The van der Waals surface area contributed by atoms with Gasteiger partial charge in [0.15, 0.2) is 11.5 Å². The minimum atomic E-state index is -3.67. The van der Waals surface area contributed by atoms with E-state index in [2.05, 4.69) is 17.5 Å². The average Bonchev–Trinajstić information content (AvgIpc) is 3.25. The molecule has 4 aliphatic rings. The summed E-state index contributed by atoms with van der Waals surface area (Å²) in [5, 5.41) is 0. The fourth-order valence-corrected chi connectivity index (χ4v) is 9.49. The molecule has 1 spiro atoms. The summed E-state index contributed by atoms with van der Waals surface area (Å²) >= 11 is 0. The molecule has 2 aliphatic heterocycles. The molecule has 8 nitrogen and oxygen atoms in total. The molecule has 2 heterocycles. The Balaban J connectivity index is 1.50. The molecule has 2 bridgehead atoms. The Kier molecular flexibility index (Phi) is 6.32. The standard InChI is InChI=1S/C30H36N2O6S/c1-5-16-32-17-15-29-26-22-11-12-24(36-4)27(26)37-28(29)23(13-14-30(29,25(32)18-22)38-20(2)33)31(3)39(34,35)19-21-9-7-6-8-10-21/h5-12,23,25,28H,1,13-19H2,2-4H3/t23?,25-,28?,29+,30-/m1/s1. The van der Waals surface area contributed by atoms with Crippen molar-refractivity contribution in [3.8, 4) is 11.5 Å². The summed E-state index contributed by atoms with van der Waals surface area (Å²) in [6.07, 6.45) is 3.79. The topological polar surface area (TPSA) is 85.4 Å². The number of methoxy groups -OCH3 is 1. The molecule has 2 aromatic carbocycles. The summed E-state index contributed by atoms with van der Waals surface area (Å²) < 4.78 is 48.0. The van der Waals surface area contributed by atoms with Crippen LogP contribution in [0.5, 0.6) is 11.5 Å². The monoisotopic (exact) mass is 552 g/mol. The fourth-order valence-electron chi connectivity index (χ4n) is 8.04. The molecule has 2 aromatic rings. The summed E-state index contributed by atoms with van der Waals surface area (Å²) in [6.45, 7) is 6.89. The van der Waals surface area contributed by atoms with Gasteiger partial charge in [0.1, 0.15) is 11.7 Å². The second-order valence-corrected chi connectivity index (χ2v) is 13.3. The van der Waals surface area contributed by atoms with Gasteiger partial charge in [0, 0.05) is 32.6 Å². The molecule has 6 rings (SSSR count). The first-order valence-corrected chi connectivity index (χ1v) is 15.2. The first-order chi connectivity index (χ1) is 18.7. The third kappa shape index (κ3) is 3.69. The Morgan fingerprint density at radius 3 is 2.69 bits per heavy atom. The number of hydrogen-bond acceptors (Lipinski definition) is 7. The van der Waals surface area contributed by atoms with E-state index in [4.69, 9.17) is 14.2 Å². The van der Waals surface area contributed by atoms with Gasteiger partial charge in [-0.25, -0.2) is 8.42 Å². The Morgan fingerprint density at radius 1 is 1.23 bits per heavy atom. The maximum absolute atomic E-state index is 13.8. The smallest absolute Gasteiger partial charge is 0.303 e. The third-order valence-corrected chi connectivity index (χ3v) is 11.3. The zero-order valence-electron chi connectivity index (χ0n) is 22.8. The summed E-state index contributed by atoms with van der Waals surface area (Å²) in [6, 6.07) is 12.8. The Labute approximate surface area is 230 Å². The average molecular weight is 553 g/mol. The first-order valence-electron chi connectivity index (χ1n) is 13.6. The minimum absolute atomic E-state index is 0.0710. The van der Waals surface area contributed by atoms with E-state index in [-0.39, 0.29) is 17.8 Å². The van der Waals surface area contributed by atoms with Gasteiger partial charge in [-0.15, -0.1) is 6.58 Å². The highest BCUT2D eigenvalue weighted by Crippen LogP contribution is 2.67. The molecule has 1 saturated heterocycles. The molecule has 2 aliphatic carbocycles. The Bertz CT molecular complexity index is 1410. The lowest BCUT2D eigenvalue weighted by atomic mass is 9.48. The van der Waals surface area contributed by atoms with Crippen LogP contribution in [0.25, 0.3) is 0 Å². The van der Waals surface area contributed by atoms with Crippen LogP contribution in [-0.4, -0.2) is 74.6 Å². The zero-order chi connectivity index (χ0) is 27.6. The van der Waals surface area contributed by atoms with Crippen molar-refractivity contribution in [2.45, 2.75) is 67.6 Å². The van der Waals surface area contributed by atoms with Gasteiger partial charge < -0.3 is 14.2 Å². The van der Waals surface area contributed by atoms with Crippen molar-refractivity contribution in [1.82, 2.24) is 9.21 Å². The number of benzene rings is 2. The number of nitrogens with zero attached hydrogens (tertiary/aromatic N) is 2. The molecule has 39 heavy (non-hydrogen) atoms. The van der Waals surface area contributed by atoms with Crippen LogP contribution in [0.2, 0.25) is 0 Å². The van der Waals surface area contributed by atoms with E-state index in [0.29, 0.717) is 43.7 Å². The van der Waals surface area contributed by atoms with Crippen LogP contribution in [0, 0.1) is 0 Å². The lowest BCUT2D eigenvalue weighted by Crippen LogP contribution is -2.79. The lowest BCUT2D eigenvalue weighted by molar-refractivity contribution is -0.220. The number of sulfonamides is 1. The summed E-state index contributed by atoms with van der Waals surface area (Å²) in [5.41, 5.74) is 1.36. The van der Waals surface area contributed by atoms with Crippen LogP contribution >= 0.6 is 0 Å². The molecular formula is C30H36N2O6S. The van der Waals surface area contributed by atoms with Crippen LogP contribution < -0.4 is 9.47 Å². The van der Waals surface area contributed by atoms with Crippen molar-refractivity contribution >= 4 is 16.0 Å². The maximum Gasteiger partial charge on any atom is 0.303 e. The van der Waals surface area contributed by atoms with Gasteiger partial charge in [-0.3, -0.25) is 9.69 Å². The minimum Gasteiger partial charge on any atom is -0.493 e.